The molecule has 1 amide bonds. The second-order valence-electron chi connectivity index (χ2n) is 5.44. The van der Waals surface area contributed by atoms with Crippen LogP contribution in [0.4, 0.5) is 0 Å². The van der Waals surface area contributed by atoms with E-state index in [1.807, 2.05) is 11.9 Å². The fourth-order valence-electron chi connectivity index (χ4n) is 3.15. The Morgan fingerprint density at radius 1 is 1.19 bits per heavy atom. The minimum absolute atomic E-state index is 0.305. The van der Waals surface area contributed by atoms with Crippen molar-refractivity contribution in [2.75, 3.05) is 20.1 Å². The maximum absolute atomic E-state index is 12.4. The third-order valence-electron chi connectivity index (χ3n) is 4.38. The second kappa shape index (κ2) is 5.17. The van der Waals surface area contributed by atoms with Crippen molar-refractivity contribution in [2.24, 2.45) is 11.8 Å². The van der Waals surface area contributed by atoms with Crippen molar-refractivity contribution in [3.05, 3.63) is 0 Å². The summed E-state index contributed by atoms with van der Waals surface area (Å²) in [4.78, 5) is 14.4. The number of piperidine rings is 1. The van der Waals surface area contributed by atoms with E-state index in [0.717, 1.165) is 32.4 Å². The summed E-state index contributed by atoms with van der Waals surface area (Å²) in [7, 11) is 2.00. The molecule has 0 bridgehead atoms. The molecule has 0 spiro atoms. The molecule has 1 aliphatic heterocycles. The smallest absolute Gasteiger partial charge is 0.225 e. The van der Waals surface area contributed by atoms with Crippen molar-refractivity contribution in [1.29, 1.82) is 0 Å². The average Bonchev–Trinajstić information content (AvgIpc) is 2.75. The molecule has 1 N–H and O–H groups in total. The summed E-state index contributed by atoms with van der Waals surface area (Å²) >= 11 is 0. The SMILES string of the molecule is CC1CCCC1C(=O)N(C)C1CCNCC1. The van der Waals surface area contributed by atoms with Crippen LogP contribution in [0.2, 0.25) is 0 Å². The van der Waals surface area contributed by atoms with Crippen molar-refractivity contribution in [1.82, 2.24) is 10.2 Å². The lowest BCUT2D eigenvalue weighted by atomic mass is 9.95. The predicted octanol–water partition coefficient (Wildman–Crippen LogP) is 1.63. The van der Waals surface area contributed by atoms with Gasteiger partial charge in [-0.15, -0.1) is 0 Å². The van der Waals surface area contributed by atoms with E-state index >= 15 is 0 Å². The topological polar surface area (TPSA) is 32.3 Å². The molecule has 2 unspecified atom stereocenters. The zero-order valence-electron chi connectivity index (χ0n) is 10.5. The van der Waals surface area contributed by atoms with E-state index in [4.69, 9.17) is 0 Å². The first kappa shape index (κ1) is 11.9. The van der Waals surface area contributed by atoms with Gasteiger partial charge in [0, 0.05) is 19.0 Å². The largest absolute Gasteiger partial charge is 0.342 e. The van der Waals surface area contributed by atoms with E-state index in [9.17, 15) is 4.79 Å². The van der Waals surface area contributed by atoms with E-state index in [-0.39, 0.29) is 0 Å². The summed E-state index contributed by atoms with van der Waals surface area (Å²) in [5, 5.41) is 3.35. The van der Waals surface area contributed by atoms with Crippen LogP contribution in [0.25, 0.3) is 0 Å². The van der Waals surface area contributed by atoms with Crippen molar-refractivity contribution < 1.29 is 4.79 Å². The van der Waals surface area contributed by atoms with Gasteiger partial charge in [0.2, 0.25) is 5.91 Å². The van der Waals surface area contributed by atoms with E-state index in [1.54, 1.807) is 0 Å². The Labute approximate surface area is 98.6 Å². The zero-order chi connectivity index (χ0) is 11.5. The van der Waals surface area contributed by atoms with Gasteiger partial charge >= 0.3 is 0 Å². The standard InChI is InChI=1S/C13H24N2O/c1-10-4-3-5-12(10)13(16)15(2)11-6-8-14-9-7-11/h10-12,14H,3-9H2,1-2H3. The number of hydrogen-bond acceptors (Lipinski definition) is 2. The predicted molar refractivity (Wildman–Crippen MR) is 65.2 cm³/mol. The highest BCUT2D eigenvalue weighted by Crippen LogP contribution is 2.33. The minimum Gasteiger partial charge on any atom is -0.342 e. The van der Waals surface area contributed by atoms with Crippen molar-refractivity contribution in [3.63, 3.8) is 0 Å². The third kappa shape index (κ3) is 2.40. The van der Waals surface area contributed by atoms with Crippen molar-refractivity contribution in [3.8, 4) is 0 Å². The van der Waals surface area contributed by atoms with Crippen LogP contribution in [0.1, 0.15) is 39.0 Å². The van der Waals surface area contributed by atoms with Gasteiger partial charge in [-0.1, -0.05) is 13.3 Å². The van der Waals surface area contributed by atoms with E-state index < -0.39 is 0 Å². The minimum atomic E-state index is 0.305. The molecule has 2 rings (SSSR count). The lowest BCUT2D eigenvalue weighted by Crippen LogP contribution is -2.46. The molecule has 0 aromatic carbocycles. The number of amides is 1. The van der Waals surface area contributed by atoms with Crippen LogP contribution in [0.15, 0.2) is 0 Å². The molecule has 3 nitrogen and oxygen atoms in total. The molecule has 1 aliphatic carbocycles. The van der Waals surface area contributed by atoms with Crippen LogP contribution in [-0.2, 0) is 4.79 Å². The van der Waals surface area contributed by atoms with Gasteiger partial charge in [-0.3, -0.25) is 4.79 Å². The molecular weight excluding hydrogens is 200 g/mol. The molecule has 0 radical (unpaired) electrons. The Morgan fingerprint density at radius 3 is 2.44 bits per heavy atom. The normalized spacial score (nSPS) is 31.6. The molecule has 92 valence electrons. The first-order chi connectivity index (χ1) is 7.70. The van der Waals surface area contributed by atoms with Gasteiger partial charge in [0.15, 0.2) is 0 Å². The molecule has 1 heterocycles. The first-order valence-electron chi connectivity index (χ1n) is 6.67. The number of nitrogens with zero attached hydrogens (tertiary/aromatic N) is 1. The highest BCUT2D eigenvalue weighted by molar-refractivity contribution is 5.79. The summed E-state index contributed by atoms with van der Waals surface area (Å²) in [6, 6.07) is 0.474. The molecule has 2 atom stereocenters. The number of hydrogen-bond donors (Lipinski definition) is 1. The maximum atomic E-state index is 12.4. The van der Waals surface area contributed by atoms with Gasteiger partial charge in [-0.2, -0.15) is 0 Å². The molecule has 1 saturated carbocycles. The van der Waals surface area contributed by atoms with Crippen LogP contribution >= 0.6 is 0 Å². The van der Waals surface area contributed by atoms with Gasteiger partial charge in [-0.25, -0.2) is 0 Å². The molecule has 2 fully saturated rings. The number of carbonyl (C=O) groups excluding carboxylic acids is 1. The molecule has 16 heavy (non-hydrogen) atoms. The van der Waals surface area contributed by atoms with Crippen molar-refractivity contribution in [2.45, 2.75) is 45.1 Å². The fourth-order valence-corrected chi connectivity index (χ4v) is 3.15. The summed E-state index contributed by atoms with van der Waals surface area (Å²) in [5.41, 5.74) is 0. The lowest BCUT2D eigenvalue weighted by molar-refractivity contribution is -0.137. The van der Waals surface area contributed by atoms with Crippen molar-refractivity contribution >= 4 is 5.91 Å². The maximum Gasteiger partial charge on any atom is 0.225 e. The molecule has 1 saturated heterocycles. The first-order valence-corrected chi connectivity index (χ1v) is 6.67. The van der Waals surface area contributed by atoms with E-state index in [1.165, 1.54) is 12.8 Å². The Morgan fingerprint density at radius 2 is 1.88 bits per heavy atom. The monoisotopic (exact) mass is 224 g/mol. The van der Waals surface area contributed by atoms with Crippen LogP contribution in [0, 0.1) is 11.8 Å². The molecular formula is C13H24N2O. The molecule has 0 aromatic rings. The van der Waals surface area contributed by atoms with Gasteiger partial charge in [0.1, 0.15) is 0 Å². The zero-order valence-corrected chi connectivity index (χ0v) is 10.5. The number of rotatable bonds is 2. The highest BCUT2D eigenvalue weighted by atomic mass is 16.2. The summed E-state index contributed by atoms with van der Waals surface area (Å²) in [6.07, 6.45) is 5.80. The van der Waals surface area contributed by atoms with Gasteiger partial charge in [-0.05, 0) is 44.7 Å². The van der Waals surface area contributed by atoms with E-state index in [0.29, 0.717) is 23.8 Å². The summed E-state index contributed by atoms with van der Waals surface area (Å²) in [6.45, 7) is 4.34. The van der Waals surface area contributed by atoms with Crippen LogP contribution < -0.4 is 5.32 Å². The second-order valence-corrected chi connectivity index (χ2v) is 5.44. The summed E-state index contributed by atoms with van der Waals surface area (Å²) in [5.74, 6) is 1.30. The molecule has 0 aromatic heterocycles. The van der Waals surface area contributed by atoms with Crippen LogP contribution in [0.5, 0.6) is 0 Å². The highest BCUT2D eigenvalue weighted by Gasteiger charge is 2.33. The van der Waals surface area contributed by atoms with E-state index in [2.05, 4.69) is 12.2 Å². The van der Waals surface area contributed by atoms with Crippen LogP contribution in [-0.4, -0.2) is 37.0 Å². The Balaban J connectivity index is 1.92. The lowest BCUT2D eigenvalue weighted by Gasteiger charge is -2.34. The Hall–Kier alpha value is -0.570. The number of carbonyl (C=O) groups is 1. The Kier molecular flexibility index (Phi) is 3.85. The third-order valence-corrected chi connectivity index (χ3v) is 4.38. The van der Waals surface area contributed by atoms with Gasteiger partial charge in [0.05, 0.1) is 0 Å². The molecule has 2 aliphatic rings. The quantitative estimate of drug-likeness (QED) is 0.773. The Bertz CT molecular complexity index is 248. The number of nitrogens with one attached hydrogen (secondary N) is 1. The van der Waals surface area contributed by atoms with Gasteiger partial charge < -0.3 is 10.2 Å². The van der Waals surface area contributed by atoms with Gasteiger partial charge in [0.25, 0.3) is 0 Å². The summed E-state index contributed by atoms with van der Waals surface area (Å²) < 4.78 is 0. The fraction of sp³-hybridized carbons (Fsp3) is 0.923. The van der Waals surface area contributed by atoms with Crippen LogP contribution in [0.3, 0.4) is 0 Å². The average molecular weight is 224 g/mol. The molecule has 3 heteroatoms.